The third kappa shape index (κ3) is 5.45. The summed E-state index contributed by atoms with van der Waals surface area (Å²) in [7, 11) is -3.73. The summed E-state index contributed by atoms with van der Waals surface area (Å²) in [5, 5.41) is 3.40. The van der Waals surface area contributed by atoms with Crippen molar-refractivity contribution in [2.75, 3.05) is 30.9 Å². The highest BCUT2D eigenvalue weighted by atomic mass is 35.5. The number of halogens is 1. The maximum atomic E-state index is 12.4. The van der Waals surface area contributed by atoms with Crippen molar-refractivity contribution in [3.63, 3.8) is 0 Å². The molecule has 2 aromatic rings. The van der Waals surface area contributed by atoms with Crippen molar-refractivity contribution in [1.82, 2.24) is 10.2 Å². The number of likely N-dealkylation sites (tertiary alicyclic amines) is 1. The average molecular weight is 408 g/mol. The van der Waals surface area contributed by atoms with Gasteiger partial charge in [0.05, 0.1) is 4.90 Å². The lowest BCUT2D eigenvalue weighted by Crippen LogP contribution is -2.33. The van der Waals surface area contributed by atoms with Gasteiger partial charge in [0.15, 0.2) is 0 Å². The molecule has 27 heavy (non-hydrogen) atoms. The Labute approximate surface area is 164 Å². The summed E-state index contributed by atoms with van der Waals surface area (Å²) in [6.07, 6.45) is 2.43. The van der Waals surface area contributed by atoms with E-state index in [0.29, 0.717) is 22.8 Å². The van der Waals surface area contributed by atoms with Gasteiger partial charge >= 0.3 is 0 Å². The molecule has 0 radical (unpaired) electrons. The summed E-state index contributed by atoms with van der Waals surface area (Å²) in [6.45, 7) is 3.59. The number of nitrogens with zero attached hydrogens (tertiary/aromatic N) is 1. The summed E-state index contributed by atoms with van der Waals surface area (Å²) in [4.78, 5) is 14.6. The quantitative estimate of drug-likeness (QED) is 0.739. The van der Waals surface area contributed by atoms with Gasteiger partial charge in [0.1, 0.15) is 0 Å². The monoisotopic (exact) mass is 407 g/mol. The molecule has 1 saturated heterocycles. The van der Waals surface area contributed by atoms with Crippen LogP contribution in [0.5, 0.6) is 0 Å². The molecule has 6 nitrogen and oxygen atoms in total. The third-order valence-corrected chi connectivity index (χ3v) is 6.08. The second-order valence-electron chi connectivity index (χ2n) is 6.44. The molecule has 1 fully saturated rings. The highest BCUT2D eigenvalue weighted by molar-refractivity contribution is 7.92. The van der Waals surface area contributed by atoms with Gasteiger partial charge in [0.25, 0.3) is 15.9 Å². The fraction of sp³-hybridized carbons (Fsp3) is 0.316. The maximum Gasteiger partial charge on any atom is 0.261 e. The molecular weight excluding hydrogens is 386 g/mol. The van der Waals surface area contributed by atoms with Gasteiger partial charge < -0.3 is 10.2 Å². The lowest BCUT2D eigenvalue weighted by molar-refractivity contribution is 0.0949. The van der Waals surface area contributed by atoms with E-state index in [-0.39, 0.29) is 10.8 Å². The smallest absolute Gasteiger partial charge is 0.261 e. The first-order valence-corrected chi connectivity index (χ1v) is 10.7. The van der Waals surface area contributed by atoms with Crippen molar-refractivity contribution in [3.05, 3.63) is 59.1 Å². The average Bonchev–Trinajstić information content (AvgIpc) is 3.17. The molecule has 1 amide bonds. The van der Waals surface area contributed by atoms with E-state index >= 15 is 0 Å². The molecule has 3 rings (SSSR count). The van der Waals surface area contributed by atoms with Crippen LogP contribution < -0.4 is 10.0 Å². The predicted molar refractivity (Wildman–Crippen MR) is 107 cm³/mol. The molecule has 1 heterocycles. The summed E-state index contributed by atoms with van der Waals surface area (Å²) < 4.78 is 27.4. The lowest BCUT2D eigenvalue weighted by Gasteiger charge is -2.14. The van der Waals surface area contributed by atoms with Gasteiger partial charge in [-0.15, -0.1) is 0 Å². The maximum absolute atomic E-state index is 12.4. The van der Waals surface area contributed by atoms with Crippen LogP contribution in [-0.2, 0) is 10.0 Å². The summed E-state index contributed by atoms with van der Waals surface area (Å²) in [6, 6.07) is 12.3. The van der Waals surface area contributed by atoms with Crippen molar-refractivity contribution in [2.24, 2.45) is 0 Å². The first kappa shape index (κ1) is 19.7. The van der Waals surface area contributed by atoms with Crippen LogP contribution >= 0.6 is 11.6 Å². The number of amides is 1. The summed E-state index contributed by atoms with van der Waals surface area (Å²) in [5.41, 5.74) is 0.852. The van der Waals surface area contributed by atoms with Gasteiger partial charge in [-0.05, 0) is 74.5 Å². The number of anilines is 1. The van der Waals surface area contributed by atoms with Crippen molar-refractivity contribution in [1.29, 1.82) is 0 Å². The Morgan fingerprint density at radius 2 is 1.63 bits per heavy atom. The molecule has 0 atom stereocenters. The number of hydrogen-bond donors (Lipinski definition) is 2. The van der Waals surface area contributed by atoms with Gasteiger partial charge in [-0.3, -0.25) is 9.52 Å². The fourth-order valence-corrected chi connectivity index (χ4v) is 4.14. The van der Waals surface area contributed by atoms with Crippen LogP contribution in [0, 0.1) is 0 Å². The molecule has 0 aromatic heterocycles. The molecule has 0 unspecified atom stereocenters. The van der Waals surface area contributed by atoms with Gasteiger partial charge in [-0.2, -0.15) is 0 Å². The lowest BCUT2D eigenvalue weighted by atomic mass is 10.2. The molecule has 0 spiro atoms. The number of sulfonamides is 1. The van der Waals surface area contributed by atoms with Crippen LogP contribution in [0.3, 0.4) is 0 Å². The Morgan fingerprint density at radius 3 is 2.26 bits per heavy atom. The van der Waals surface area contributed by atoms with Gasteiger partial charge in [0.2, 0.25) is 0 Å². The van der Waals surface area contributed by atoms with Crippen LogP contribution in [0.25, 0.3) is 0 Å². The number of benzene rings is 2. The van der Waals surface area contributed by atoms with Crippen LogP contribution in [0.2, 0.25) is 5.02 Å². The first-order chi connectivity index (χ1) is 12.9. The van der Waals surface area contributed by atoms with Gasteiger partial charge in [-0.25, -0.2) is 8.42 Å². The molecule has 2 N–H and O–H groups in total. The zero-order valence-corrected chi connectivity index (χ0v) is 16.4. The Kier molecular flexibility index (Phi) is 6.36. The molecule has 8 heteroatoms. The minimum absolute atomic E-state index is 0.0890. The Hall–Kier alpha value is -2.09. The van der Waals surface area contributed by atoms with Crippen molar-refractivity contribution in [2.45, 2.75) is 17.7 Å². The largest absolute Gasteiger partial charge is 0.351 e. The highest BCUT2D eigenvalue weighted by Gasteiger charge is 2.16. The Balaban J connectivity index is 1.58. The third-order valence-electron chi connectivity index (χ3n) is 4.44. The predicted octanol–water partition coefficient (Wildman–Crippen LogP) is 2.97. The Bertz CT molecular complexity index is 877. The van der Waals surface area contributed by atoms with Gasteiger partial charge in [-0.1, -0.05) is 11.6 Å². The van der Waals surface area contributed by atoms with E-state index in [1.54, 1.807) is 24.3 Å². The van der Waals surface area contributed by atoms with Crippen LogP contribution in [-0.4, -0.2) is 45.4 Å². The second kappa shape index (κ2) is 8.73. The van der Waals surface area contributed by atoms with Gasteiger partial charge in [0, 0.05) is 29.4 Å². The molecule has 0 aliphatic carbocycles. The molecule has 0 saturated carbocycles. The van der Waals surface area contributed by atoms with E-state index in [2.05, 4.69) is 14.9 Å². The molecular formula is C19H22ClN3O3S. The molecule has 0 bridgehead atoms. The number of rotatable bonds is 7. The number of hydrogen-bond acceptors (Lipinski definition) is 4. The Morgan fingerprint density at radius 1 is 1.00 bits per heavy atom. The van der Waals surface area contributed by atoms with E-state index in [1.165, 1.54) is 37.1 Å². The number of carbonyl (C=O) groups excluding carboxylic acids is 1. The normalized spacial score (nSPS) is 14.9. The first-order valence-electron chi connectivity index (χ1n) is 8.83. The van der Waals surface area contributed by atoms with E-state index in [4.69, 9.17) is 11.6 Å². The van der Waals surface area contributed by atoms with Crippen LogP contribution in [0.15, 0.2) is 53.4 Å². The van der Waals surface area contributed by atoms with E-state index < -0.39 is 10.0 Å². The molecule has 1 aliphatic heterocycles. The molecule has 2 aromatic carbocycles. The van der Waals surface area contributed by atoms with Crippen molar-refractivity contribution < 1.29 is 13.2 Å². The highest BCUT2D eigenvalue weighted by Crippen LogP contribution is 2.18. The number of carbonyl (C=O) groups is 1. The van der Waals surface area contributed by atoms with Crippen molar-refractivity contribution >= 4 is 33.2 Å². The SMILES string of the molecule is O=C(NCCN1CCCC1)c1ccc(S(=O)(=O)Nc2ccc(Cl)cc2)cc1. The van der Waals surface area contributed by atoms with E-state index in [0.717, 1.165) is 19.6 Å². The topological polar surface area (TPSA) is 78.5 Å². The number of nitrogens with one attached hydrogen (secondary N) is 2. The minimum Gasteiger partial charge on any atom is -0.351 e. The molecule has 144 valence electrons. The van der Waals surface area contributed by atoms with Crippen LogP contribution in [0.4, 0.5) is 5.69 Å². The second-order valence-corrected chi connectivity index (χ2v) is 8.56. The minimum atomic E-state index is -3.73. The molecule has 1 aliphatic rings. The standard InChI is InChI=1S/C19H22ClN3O3S/c20-16-5-7-17(8-6-16)22-27(25,26)18-9-3-15(4-10-18)19(24)21-11-14-23-12-1-2-13-23/h3-10,22H,1-2,11-14H2,(H,21,24). The van der Waals surface area contributed by atoms with E-state index in [9.17, 15) is 13.2 Å². The van der Waals surface area contributed by atoms with Crippen molar-refractivity contribution in [3.8, 4) is 0 Å². The summed E-state index contributed by atoms with van der Waals surface area (Å²) in [5.74, 6) is -0.205. The van der Waals surface area contributed by atoms with E-state index in [1.807, 2.05) is 0 Å². The fourth-order valence-electron chi connectivity index (χ4n) is 2.95. The zero-order chi connectivity index (χ0) is 19.3. The zero-order valence-electron chi connectivity index (χ0n) is 14.8. The van der Waals surface area contributed by atoms with Crippen LogP contribution in [0.1, 0.15) is 23.2 Å². The summed E-state index contributed by atoms with van der Waals surface area (Å²) >= 11 is 5.80.